The van der Waals surface area contributed by atoms with E-state index in [9.17, 15) is 4.79 Å². The summed E-state index contributed by atoms with van der Waals surface area (Å²) in [5.41, 5.74) is -0.467. The molecule has 0 aliphatic carbocycles. The Labute approximate surface area is 84.9 Å². The SMILES string of the molecule is O=C1NC2(C=c3ccccc3=N2)CS1. The van der Waals surface area contributed by atoms with Crippen LogP contribution in [0.15, 0.2) is 29.3 Å². The van der Waals surface area contributed by atoms with Gasteiger partial charge >= 0.3 is 0 Å². The van der Waals surface area contributed by atoms with Gasteiger partial charge in [-0.2, -0.15) is 0 Å². The molecule has 1 aromatic rings. The molecule has 3 rings (SSSR count). The maximum absolute atomic E-state index is 11.1. The van der Waals surface area contributed by atoms with Gasteiger partial charge in [0, 0.05) is 5.22 Å². The smallest absolute Gasteiger partial charge is 0.281 e. The minimum Gasteiger partial charge on any atom is -0.318 e. The molecule has 1 saturated heterocycles. The zero-order chi connectivity index (χ0) is 9.60. The van der Waals surface area contributed by atoms with Gasteiger partial charge in [-0.3, -0.25) is 9.79 Å². The molecule has 3 nitrogen and oxygen atoms in total. The van der Waals surface area contributed by atoms with Gasteiger partial charge in [0.05, 0.1) is 11.1 Å². The van der Waals surface area contributed by atoms with E-state index >= 15 is 0 Å². The lowest BCUT2D eigenvalue weighted by atomic mass is 10.2. The van der Waals surface area contributed by atoms with E-state index in [0.29, 0.717) is 5.75 Å². The number of carbonyl (C=O) groups excluding carboxylic acids is 1. The van der Waals surface area contributed by atoms with Crippen molar-refractivity contribution < 1.29 is 4.79 Å². The molecule has 1 aromatic carbocycles. The van der Waals surface area contributed by atoms with Crippen molar-refractivity contribution in [2.75, 3.05) is 5.75 Å². The molecule has 0 radical (unpaired) electrons. The van der Waals surface area contributed by atoms with Crippen LogP contribution in [0.25, 0.3) is 6.08 Å². The van der Waals surface area contributed by atoms with Gasteiger partial charge in [-0.1, -0.05) is 30.0 Å². The van der Waals surface area contributed by atoms with E-state index in [1.54, 1.807) is 0 Å². The summed E-state index contributed by atoms with van der Waals surface area (Å²) in [6.07, 6.45) is 2.03. The summed E-state index contributed by atoms with van der Waals surface area (Å²) in [4.78, 5) is 15.7. The van der Waals surface area contributed by atoms with Crippen LogP contribution < -0.4 is 15.9 Å². The van der Waals surface area contributed by atoms with Crippen molar-refractivity contribution in [2.45, 2.75) is 5.66 Å². The summed E-state index contributed by atoms with van der Waals surface area (Å²) in [7, 11) is 0. The van der Waals surface area contributed by atoms with Gasteiger partial charge in [0.1, 0.15) is 0 Å². The monoisotopic (exact) mass is 204 g/mol. The molecule has 0 saturated carbocycles. The zero-order valence-corrected chi connectivity index (χ0v) is 8.17. The molecule has 0 bridgehead atoms. The highest BCUT2D eigenvalue weighted by Gasteiger charge is 2.37. The molecule has 1 amide bonds. The van der Waals surface area contributed by atoms with Crippen LogP contribution in [0.4, 0.5) is 4.79 Å². The standard InChI is InChI=1S/C10H8N2OS/c13-9-12-10(6-14-9)5-7-3-1-2-4-8(7)11-10/h1-5H,6H2,(H,12,13). The summed E-state index contributed by atoms with van der Waals surface area (Å²) in [5.74, 6) is 0.695. The number of benzene rings is 1. The Morgan fingerprint density at radius 1 is 1.43 bits per heavy atom. The molecule has 0 aromatic heterocycles. The Balaban J connectivity index is 2.18. The van der Waals surface area contributed by atoms with E-state index in [0.717, 1.165) is 10.6 Å². The molecule has 1 spiro atoms. The van der Waals surface area contributed by atoms with Crippen molar-refractivity contribution in [3.63, 3.8) is 0 Å². The van der Waals surface area contributed by atoms with Crippen molar-refractivity contribution in [1.29, 1.82) is 0 Å². The second-order valence-corrected chi connectivity index (χ2v) is 4.39. The van der Waals surface area contributed by atoms with Crippen molar-refractivity contribution in [3.05, 3.63) is 34.8 Å². The summed E-state index contributed by atoms with van der Waals surface area (Å²) < 4.78 is 0. The first-order chi connectivity index (χ1) is 6.77. The van der Waals surface area contributed by atoms with Crippen LogP contribution in [0.3, 0.4) is 0 Å². The molecule has 2 aliphatic heterocycles. The number of hydrogen-bond acceptors (Lipinski definition) is 3. The maximum atomic E-state index is 11.1. The van der Waals surface area contributed by atoms with Gasteiger partial charge in [-0.25, -0.2) is 0 Å². The summed E-state index contributed by atoms with van der Waals surface area (Å²) in [6.45, 7) is 0. The van der Waals surface area contributed by atoms with E-state index < -0.39 is 5.66 Å². The molecule has 2 aliphatic rings. The van der Waals surface area contributed by atoms with Crippen LogP contribution in [0.5, 0.6) is 0 Å². The molecule has 70 valence electrons. The van der Waals surface area contributed by atoms with Crippen LogP contribution in [0.2, 0.25) is 0 Å². The van der Waals surface area contributed by atoms with E-state index in [-0.39, 0.29) is 5.24 Å². The lowest BCUT2D eigenvalue weighted by molar-refractivity contribution is 0.258. The number of carbonyl (C=O) groups is 1. The normalized spacial score (nSPS) is 28.1. The molecule has 1 unspecified atom stereocenters. The number of amides is 1. The fraction of sp³-hybridized carbons (Fsp3) is 0.200. The van der Waals surface area contributed by atoms with Gasteiger partial charge < -0.3 is 5.32 Å². The average molecular weight is 204 g/mol. The second kappa shape index (κ2) is 2.60. The molecule has 14 heavy (non-hydrogen) atoms. The maximum Gasteiger partial charge on any atom is 0.281 e. The van der Waals surface area contributed by atoms with Crippen LogP contribution >= 0.6 is 11.8 Å². The molecule has 1 N–H and O–H groups in total. The summed E-state index contributed by atoms with van der Waals surface area (Å²) in [6, 6.07) is 7.92. The van der Waals surface area contributed by atoms with Crippen LogP contribution in [0.1, 0.15) is 0 Å². The van der Waals surface area contributed by atoms with Gasteiger partial charge in [-0.15, -0.1) is 0 Å². The fourth-order valence-corrected chi connectivity index (χ4v) is 2.60. The van der Waals surface area contributed by atoms with Gasteiger partial charge in [0.15, 0.2) is 5.66 Å². The lowest BCUT2D eigenvalue weighted by Crippen LogP contribution is -2.38. The van der Waals surface area contributed by atoms with Crippen molar-refractivity contribution in [3.8, 4) is 0 Å². The number of rotatable bonds is 0. The lowest BCUT2D eigenvalue weighted by Gasteiger charge is -2.14. The molecule has 2 heterocycles. The largest absolute Gasteiger partial charge is 0.318 e. The minimum absolute atomic E-state index is 0.0119. The molecule has 4 heteroatoms. The Hall–Kier alpha value is -1.29. The first-order valence-corrected chi connectivity index (χ1v) is 5.39. The zero-order valence-electron chi connectivity index (χ0n) is 7.36. The first-order valence-electron chi connectivity index (χ1n) is 4.40. The fourth-order valence-electron chi connectivity index (χ4n) is 1.78. The third-order valence-electron chi connectivity index (χ3n) is 2.39. The van der Waals surface area contributed by atoms with Crippen LogP contribution in [0, 0.1) is 0 Å². The molecular weight excluding hydrogens is 196 g/mol. The van der Waals surface area contributed by atoms with Crippen molar-refractivity contribution in [2.24, 2.45) is 4.99 Å². The molecule has 1 atom stereocenters. The third-order valence-corrected chi connectivity index (χ3v) is 3.34. The van der Waals surface area contributed by atoms with Crippen LogP contribution in [-0.4, -0.2) is 16.7 Å². The van der Waals surface area contributed by atoms with E-state index in [1.807, 2.05) is 30.3 Å². The summed E-state index contributed by atoms with van der Waals surface area (Å²) >= 11 is 1.29. The second-order valence-electron chi connectivity index (χ2n) is 3.44. The number of nitrogens with one attached hydrogen (secondary N) is 1. The molecular formula is C10H8N2OS. The number of hydrogen-bond donors (Lipinski definition) is 1. The predicted molar refractivity (Wildman–Crippen MR) is 55.4 cm³/mol. The Morgan fingerprint density at radius 2 is 2.29 bits per heavy atom. The highest BCUT2D eigenvalue weighted by atomic mass is 32.2. The van der Waals surface area contributed by atoms with Crippen LogP contribution in [-0.2, 0) is 0 Å². The predicted octanol–water partition coefficient (Wildman–Crippen LogP) is 0.253. The Morgan fingerprint density at radius 3 is 3.00 bits per heavy atom. The first kappa shape index (κ1) is 8.05. The van der Waals surface area contributed by atoms with Crippen molar-refractivity contribution >= 4 is 23.1 Å². The number of para-hydroxylation sites is 1. The highest BCUT2D eigenvalue weighted by Crippen LogP contribution is 2.26. The van der Waals surface area contributed by atoms with E-state index in [4.69, 9.17) is 0 Å². The average Bonchev–Trinajstić information content (AvgIpc) is 2.69. The number of nitrogens with zero attached hydrogens (tertiary/aromatic N) is 1. The molecule has 1 fully saturated rings. The van der Waals surface area contributed by atoms with Gasteiger partial charge in [0.25, 0.3) is 5.24 Å². The number of thioether (sulfide) groups is 1. The quantitative estimate of drug-likeness (QED) is 0.658. The topological polar surface area (TPSA) is 41.5 Å². The van der Waals surface area contributed by atoms with Crippen molar-refractivity contribution in [1.82, 2.24) is 5.32 Å². The Kier molecular flexibility index (Phi) is 1.50. The number of fused-ring (bicyclic) bond motifs is 1. The van der Waals surface area contributed by atoms with E-state index in [2.05, 4.69) is 10.3 Å². The minimum atomic E-state index is -0.467. The van der Waals surface area contributed by atoms with Gasteiger partial charge in [0.2, 0.25) is 0 Å². The Bertz CT molecular complexity index is 488. The summed E-state index contributed by atoms with van der Waals surface area (Å²) in [5, 5.41) is 4.96. The van der Waals surface area contributed by atoms with E-state index in [1.165, 1.54) is 11.8 Å². The highest BCUT2D eigenvalue weighted by molar-refractivity contribution is 8.14. The van der Waals surface area contributed by atoms with Gasteiger partial charge in [-0.05, 0) is 12.1 Å². The third kappa shape index (κ3) is 1.07.